The molecule has 1 aliphatic rings. The first kappa shape index (κ1) is 25.9. The minimum atomic E-state index is 0.742. The van der Waals surface area contributed by atoms with E-state index in [9.17, 15) is 0 Å². The van der Waals surface area contributed by atoms with Crippen molar-refractivity contribution in [2.75, 3.05) is 90.9 Å². The largest absolute Gasteiger partial charge is 0.497 e. The highest BCUT2D eigenvalue weighted by molar-refractivity contribution is 5.69. The predicted octanol–water partition coefficient (Wildman–Crippen LogP) is 3.50. The number of nitrogens with zero attached hydrogens (tertiary/aromatic N) is 7. The van der Waals surface area contributed by atoms with Gasteiger partial charge in [-0.3, -0.25) is 9.97 Å². The van der Waals surface area contributed by atoms with Crippen LogP contribution >= 0.6 is 0 Å². The number of methoxy groups -OCH3 is 1. The SMILES string of the molecule is CCN(CCN(C)C)c1ccnc(-c2cc(OC)cc(-c3cc(N4CC[N+](C)(C)CC4)ccn3)n2)c1. The van der Waals surface area contributed by atoms with Crippen LogP contribution in [0.3, 0.4) is 0 Å². The summed E-state index contributed by atoms with van der Waals surface area (Å²) in [4.78, 5) is 21.3. The standard InChI is InChI=1S/C28H40N7O/c1-7-33(13-12-32(2)3)22-8-10-29-25(18-22)27-20-24(36-6)21-28(31-27)26-19-23(9-11-30-26)34-14-16-35(4,5)17-15-34/h8-11,18-21H,7,12-17H2,1-6H3/q+1. The lowest BCUT2D eigenvalue weighted by atomic mass is 10.1. The van der Waals surface area contributed by atoms with Crippen LogP contribution in [0, 0.1) is 0 Å². The Bertz CT molecular complexity index is 1090. The van der Waals surface area contributed by atoms with Crippen LogP contribution in [0.5, 0.6) is 5.75 Å². The first-order valence-corrected chi connectivity index (χ1v) is 12.7. The van der Waals surface area contributed by atoms with E-state index in [2.05, 4.69) is 84.0 Å². The highest BCUT2D eigenvalue weighted by atomic mass is 16.5. The number of hydrogen-bond acceptors (Lipinski definition) is 7. The summed E-state index contributed by atoms with van der Waals surface area (Å²) < 4.78 is 6.71. The Morgan fingerprint density at radius 1 is 0.889 bits per heavy atom. The normalized spacial score (nSPS) is 15.2. The second kappa shape index (κ2) is 11.2. The first-order valence-electron chi connectivity index (χ1n) is 12.7. The highest BCUT2D eigenvalue weighted by Crippen LogP contribution is 2.30. The zero-order chi connectivity index (χ0) is 25.7. The minimum Gasteiger partial charge on any atom is -0.497 e. The zero-order valence-electron chi connectivity index (χ0n) is 22.6. The molecule has 1 fully saturated rings. The van der Waals surface area contributed by atoms with E-state index >= 15 is 0 Å². The molecule has 1 aliphatic heterocycles. The summed E-state index contributed by atoms with van der Waals surface area (Å²) in [5.74, 6) is 0.742. The van der Waals surface area contributed by atoms with Crippen molar-refractivity contribution in [3.05, 3.63) is 48.8 Å². The second-order valence-corrected chi connectivity index (χ2v) is 10.3. The van der Waals surface area contributed by atoms with Crippen LogP contribution in [-0.2, 0) is 0 Å². The fraction of sp³-hybridized carbons (Fsp3) is 0.464. The van der Waals surface area contributed by atoms with E-state index in [0.717, 1.165) is 84.5 Å². The van der Waals surface area contributed by atoms with E-state index in [1.807, 2.05) is 24.5 Å². The molecule has 0 radical (unpaired) electrons. The van der Waals surface area contributed by atoms with Crippen LogP contribution in [-0.4, -0.2) is 105 Å². The van der Waals surface area contributed by atoms with E-state index in [4.69, 9.17) is 9.72 Å². The Morgan fingerprint density at radius 3 is 2.14 bits per heavy atom. The van der Waals surface area contributed by atoms with Gasteiger partial charge in [0, 0.05) is 55.5 Å². The molecule has 1 saturated heterocycles. The number of anilines is 2. The maximum absolute atomic E-state index is 5.65. The van der Waals surface area contributed by atoms with E-state index in [1.165, 1.54) is 5.69 Å². The predicted molar refractivity (Wildman–Crippen MR) is 148 cm³/mol. The number of quaternary nitrogens is 1. The molecule has 0 saturated carbocycles. The summed E-state index contributed by atoms with van der Waals surface area (Å²) in [5, 5.41) is 0. The minimum absolute atomic E-state index is 0.742. The third-order valence-electron chi connectivity index (χ3n) is 6.93. The van der Waals surface area contributed by atoms with Gasteiger partial charge in [0.2, 0.25) is 0 Å². The van der Waals surface area contributed by atoms with E-state index < -0.39 is 0 Å². The number of piperazine rings is 1. The van der Waals surface area contributed by atoms with Crippen molar-refractivity contribution >= 4 is 11.4 Å². The molecule has 0 amide bonds. The van der Waals surface area contributed by atoms with Crippen molar-refractivity contribution in [3.63, 3.8) is 0 Å². The maximum Gasteiger partial charge on any atom is 0.123 e. The third-order valence-corrected chi connectivity index (χ3v) is 6.93. The zero-order valence-corrected chi connectivity index (χ0v) is 22.6. The molecule has 0 aromatic carbocycles. The van der Waals surface area contributed by atoms with Crippen molar-refractivity contribution in [1.82, 2.24) is 19.9 Å². The van der Waals surface area contributed by atoms with Gasteiger partial charge in [0.1, 0.15) is 5.75 Å². The lowest BCUT2D eigenvalue weighted by molar-refractivity contribution is -0.890. The van der Waals surface area contributed by atoms with Gasteiger partial charge in [0.15, 0.2) is 0 Å². The molecule has 192 valence electrons. The molecule has 36 heavy (non-hydrogen) atoms. The summed E-state index contributed by atoms with van der Waals surface area (Å²) in [6.45, 7) is 9.37. The smallest absolute Gasteiger partial charge is 0.123 e. The van der Waals surface area contributed by atoms with Crippen LogP contribution in [0.25, 0.3) is 22.8 Å². The first-order chi connectivity index (χ1) is 17.3. The molecule has 0 unspecified atom stereocenters. The van der Waals surface area contributed by atoms with Crippen LogP contribution in [0.2, 0.25) is 0 Å². The molecule has 4 heterocycles. The van der Waals surface area contributed by atoms with Crippen molar-refractivity contribution in [2.45, 2.75) is 6.92 Å². The van der Waals surface area contributed by atoms with Gasteiger partial charge >= 0.3 is 0 Å². The van der Waals surface area contributed by atoms with Crippen LogP contribution < -0.4 is 14.5 Å². The highest BCUT2D eigenvalue weighted by Gasteiger charge is 2.24. The molecular weight excluding hydrogens is 450 g/mol. The van der Waals surface area contributed by atoms with Gasteiger partial charge in [-0.1, -0.05) is 0 Å². The Hall–Kier alpha value is -3.23. The number of pyridine rings is 3. The average molecular weight is 491 g/mol. The van der Waals surface area contributed by atoms with Crippen LogP contribution in [0.15, 0.2) is 48.8 Å². The third kappa shape index (κ3) is 6.30. The van der Waals surface area contributed by atoms with Crippen molar-refractivity contribution in [2.24, 2.45) is 0 Å². The molecule has 8 nitrogen and oxygen atoms in total. The fourth-order valence-electron chi connectivity index (χ4n) is 4.45. The van der Waals surface area contributed by atoms with Crippen molar-refractivity contribution in [3.8, 4) is 28.5 Å². The number of likely N-dealkylation sites (N-methyl/N-ethyl adjacent to an activating group) is 3. The van der Waals surface area contributed by atoms with Crippen LogP contribution in [0.4, 0.5) is 11.4 Å². The number of aromatic nitrogens is 3. The van der Waals surface area contributed by atoms with Gasteiger partial charge in [-0.25, -0.2) is 4.98 Å². The summed E-state index contributed by atoms with van der Waals surface area (Å²) in [5.41, 5.74) is 5.55. The lowest BCUT2D eigenvalue weighted by Gasteiger charge is -2.40. The van der Waals surface area contributed by atoms with Gasteiger partial charge < -0.3 is 23.9 Å². The van der Waals surface area contributed by atoms with E-state index in [0.29, 0.717) is 0 Å². The summed E-state index contributed by atoms with van der Waals surface area (Å²) in [7, 11) is 10.5. The van der Waals surface area contributed by atoms with Gasteiger partial charge in [0.25, 0.3) is 0 Å². The monoisotopic (exact) mass is 490 g/mol. The lowest BCUT2D eigenvalue weighted by Crippen LogP contribution is -2.54. The Morgan fingerprint density at radius 2 is 1.53 bits per heavy atom. The molecule has 8 heteroatoms. The number of hydrogen-bond donors (Lipinski definition) is 0. The average Bonchev–Trinajstić information content (AvgIpc) is 2.89. The topological polar surface area (TPSA) is 57.6 Å². The Labute approximate surface area is 215 Å². The molecule has 0 spiro atoms. The number of rotatable bonds is 9. The molecular formula is C28H40N7O+. The van der Waals surface area contributed by atoms with E-state index in [1.54, 1.807) is 7.11 Å². The summed E-state index contributed by atoms with van der Waals surface area (Å²) >= 11 is 0. The van der Waals surface area contributed by atoms with Gasteiger partial charge in [-0.05, 0) is 45.3 Å². The quantitative estimate of drug-likeness (QED) is 0.426. The summed E-state index contributed by atoms with van der Waals surface area (Å²) in [6.07, 6.45) is 3.74. The summed E-state index contributed by atoms with van der Waals surface area (Å²) in [6, 6.07) is 12.3. The van der Waals surface area contributed by atoms with Gasteiger partial charge in [-0.2, -0.15) is 0 Å². The Kier molecular flexibility index (Phi) is 8.06. The molecule has 0 atom stereocenters. The molecule has 0 bridgehead atoms. The Balaban J connectivity index is 1.64. The van der Waals surface area contributed by atoms with Gasteiger partial charge in [-0.15, -0.1) is 0 Å². The second-order valence-electron chi connectivity index (χ2n) is 10.3. The fourth-order valence-corrected chi connectivity index (χ4v) is 4.45. The number of ether oxygens (including phenoxy) is 1. The van der Waals surface area contributed by atoms with Crippen molar-refractivity contribution in [1.29, 1.82) is 0 Å². The van der Waals surface area contributed by atoms with Gasteiger partial charge in [0.05, 0.1) is 70.2 Å². The maximum atomic E-state index is 5.65. The molecule has 0 N–H and O–H groups in total. The molecule has 4 rings (SSSR count). The van der Waals surface area contributed by atoms with E-state index in [-0.39, 0.29) is 0 Å². The molecule has 0 aliphatic carbocycles. The van der Waals surface area contributed by atoms with Crippen LogP contribution in [0.1, 0.15) is 6.92 Å². The van der Waals surface area contributed by atoms with Crippen molar-refractivity contribution < 1.29 is 9.22 Å². The molecule has 3 aromatic heterocycles. The molecule has 3 aromatic rings.